The topological polar surface area (TPSA) is 88.5 Å². The number of ether oxygens (including phenoxy) is 1. The van der Waals surface area contributed by atoms with E-state index in [4.69, 9.17) is 9.84 Å². The third-order valence-corrected chi connectivity index (χ3v) is 3.57. The Bertz CT molecular complexity index is 486. The van der Waals surface area contributed by atoms with Crippen LogP contribution in [0.25, 0.3) is 0 Å². The van der Waals surface area contributed by atoms with E-state index < -0.39 is 5.97 Å². The first-order valence-corrected chi connectivity index (χ1v) is 6.65. The number of carbonyl (C=O) groups excluding carboxylic acids is 1. The van der Waals surface area contributed by atoms with Crippen LogP contribution in [0, 0.1) is 0 Å². The SMILES string of the molecule is CO[C@H]1CCCC[C@@H]1NC(=O)c1ccc(C(=O)O)nc1. The first-order valence-electron chi connectivity index (χ1n) is 6.65. The highest BCUT2D eigenvalue weighted by molar-refractivity contribution is 5.95. The van der Waals surface area contributed by atoms with Gasteiger partial charge in [0.05, 0.1) is 17.7 Å². The van der Waals surface area contributed by atoms with Crippen molar-refractivity contribution in [2.75, 3.05) is 7.11 Å². The molecule has 0 spiro atoms. The molecule has 0 aromatic carbocycles. The molecule has 0 unspecified atom stereocenters. The van der Waals surface area contributed by atoms with Crippen molar-refractivity contribution in [3.8, 4) is 0 Å². The highest BCUT2D eigenvalue weighted by Crippen LogP contribution is 2.21. The van der Waals surface area contributed by atoms with Crippen LogP contribution in [0.1, 0.15) is 46.5 Å². The number of methoxy groups -OCH3 is 1. The molecule has 1 aliphatic carbocycles. The monoisotopic (exact) mass is 278 g/mol. The molecule has 1 saturated carbocycles. The molecular formula is C14H18N2O4. The number of carboxylic acid groups (broad SMARTS) is 1. The van der Waals surface area contributed by atoms with Crippen LogP contribution >= 0.6 is 0 Å². The van der Waals surface area contributed by atoms with Crippen LogP contribution in [0.3, 0.4) is 0 Å². The van der Waals surface area contributed by atoms with Crippen molar-refractivity contribution in [1.82, 2.24) is 10.3 Å². The third kappa shape index (κ3) is 3.33. The van der Waals surface area contributed by atoms with E-state index in [1.807, 2.05) is 0 Å². The molecule has 1 aliphatic rings. The van der Waals surface area contributed by atoms with Crippen LogP contribution in [0.15, 0.2) is 18.3 Å². The summed E-state index contributed by atoms with van der Waals surface area (Å²) in [7, 11) is 1.65. The van der Waals surface area contributed by atoms with Gasteiger partial charge in [-0.1, -0.05) is 12.8 Å². The number of nitrogens with one attached hydrogen (secondary N) is 1. The van der Waals surface area contributed by atoms with Gasteiger partial charge in [-0.25, -0.2) is 9.78 Å². The number of rotatable bonds is 4. The summed E-state index contributed by atoms with van der Waals surface area (Å²) in [6.45, 7) is 0. The van der Waals surface area contributed by atoms with Crippen LogP contribution in [-0.4, -0.2) is 41.2 Å². The van der Waals surface area contributed by atoms with E-state index in [9.17, 15) is 9.59 Å². The summed E-state index contributed by atoms with van der Waals surface area (Å²) in [5.41, 5.74) is 0.282. The largest absolute Gasteiger partial charge is 0.477 e. The van der Waals surface area contributed by atoms with Gasteiger partial charge in [-0.05, 0) is 25.0 Å². The average Bonchev–Trinajstić information content (AvgIpc) is 2.48. The Balaban J connectivity index is 2.01. The Morgan fingerprint density at radius 1 is 1.35 bits per heavy atom. The molecule has 0 radical (unpaired) electrons. The van der Waals surface area contributed by atoms with E-state index in [0.717, 1.165) is 25.7 Å². The number of hydrogen-bond donors (Lipinski definition) is 2. The molecule has 0 aliphatic heterocycles. The molecule has 1 amide bonds. The second-order valence-corrected chi connectivity index (χ2v) is 4.88. The quantitative estimate of drug-likeness (QED) is 0.870. The fraction of sp³-hybridized carbons (Fsp3) is 0.500. The molecular weight excluding hydrogens is 260 g/mol. The minimum atomic E-state index is -1.11. The van der Waals surface area contributed by atoms with Crippen LogP contribution in [0.5, 0.6) is 0 Å². The summed E-state index contributed by atoms with van der Waals surface area (Å²) in [5, 5.41) is 11.7. The Hall–Kier alpha value is -1.95. The minimum Gasteiger partial charge on any atom is -0.477 e. The van der Waals surface area contributed by atoms with Crippen LogP contribution in [0.2, 0.25) is 0 Å². The second-order valence-electron chi connectivity index (χ2n) is 4.88. The van der Waals surface area contributed by atoms with Crippen LogP contribution < -0.4 is 5.32 Å². The number of aromatic carboxylic acids is 1. The highest BCUT2D eigenvalue weighted by Gasteiger charge is 2.26. The number of aromatic nitrogens is 1. The lowest BCUT2D eigenvalue weighted by Crippen LogP contribution is -2.45. The third-order valence-electron chi connectivity index (χ3n) is 3.57. The standard InChI is InChI=1S/C14H18N2O4/c1-20-12-5-3-2-4-10(12)16-13(17)9-6-7-11(14(18)19)15-8-9/h6-8,10,12H,2-5H2,1H3,(H,16,17)(H,18,19)/t10-,12-/m0/s1. The van der Waals surface area contributed by atoms with Crippen LogP contribution in [0.4, 0.5) is 0 Å². The minimum absolute atomic E-state index is 0.000371. The summed E-state index contributed by atoms with van der Waals surface area (Å²) >= 11 is 0. The molecule has 1 fully saturated rings. The molecule has 1 aromatic heterocycles. The first-order chi connectivity index (χ1) is 9.61. The van der Waals surface area contributed by atoms with Crippen molar-refractivity contribution in [1.29, 1.82) is 0 Å². The van der Waals surface area contributed by atoms with E-state index in [1.54, 1.807) is 7.11 Å². The zero-order chi connectivity index (χ0) is 14.5. The Morgan fingerprint density at radius 3 is 2.70 bits per heavy atom. The fourth-order valence-corrected chi connectivity index (χ4v) is 2.45. The number of nitrogens with zero attached hydrogens (tertiary/aromatic N) is 1. The van der Waals surface area contributed by atoms with E-state index in [1.165, 1.54) is 18.3 Å². The van der Waals surface area contributed by atoms with Gasteiger partial charge in [0.2, 0.25) is 0 Å². The van der Waals surface area contributed by atoms with E-state index in [2.05, 4.69) is 10.3 Å². The highest BCUT2D eigenvalue weighted by atomic mass is 16.5. The van der Waals surface area contributed by atoms with E-state index in [-0.39, 0.29) is 23.7 Å². The van der Waals surface area contributed by atoms with Crippen molar-refractivity contribution in [3.63, 3.8) is 0 Å². The molecule has 6 heteroatoms. The maximum Gasteiger partial charge on any atom is 0.354 e. The normalized spacial score (nSPS) is 22.2. The van der Waals surface area contributed by atoms with Gasteiger partial charge in [0.1, 0.15) is 5.69 Å². The second kappa shape index (κ2) is 6.47. The van der Waals surface area contributed by atoms with Gasteiger partial charge < -0.3 is 15.2 Å². The summed E-state index contributed by atoms with van der Waals surface area (Å²) in [6, 6.07) is 2.79. The summed E-state index contributed by atoms with van der Waals surface area (Å²) in [5.74, 6) is -1.35. The first kappa shape index (κ1) is 14.5. The van der Waals surface area contributed by atoms with E-state index in [0.29, 0.717) is 5.56 Å². The lowest BCUT2D eigenvalue weighted by Gasteiger charge is -2.31. The van der Waals surface area contributed by atoms with Gasteiger partial charge in [0.15, 0.2) is 0 Å². The van der Waals surface area contributed by atoms with Gasteiger partial charge >= 0.3 is 5.97 Å². The van der Waals surface area contributed by atoms with Crippen molar-refractivity contribution in [2.45, 2.75) is 37.8 Å². The Kier molecular flexibility index (Phi) is 4.68. The molecule has 2 atom stereocenters. The fourth-order valence-electron chi connectivity index (χ4n) is 2.45. The van der Waals surface area contributed by atoms with Crippen molar-refractivity contribution in [3.05, 3.63) is 29.6 Å². The predicted molar refractivity (Wildman–Crippen MR) is 71.7 cm³/mol. The number of carbonyl (C=O) groups is 2. The van der Waals surface area contributed by atoms with E-state index >= 15 is 0 Å². The molecule has 0 bridgehead atoms. The Morgan fingerprint density at radius 2 is 2.10 bits per heavy atom. The molecule has 108 valence electrons. The molecule has 0 saturated heterocycles. The van der Waals surface area contributed by atoms with Crippen molar-refractivity contribution < 1.29 is 19.4 Å². The van der Waals surface area contributed by atoms with Crippen molar-refractivity contribution in [2.24, 2.45) is 0 Å². The summed E-state index contributed by atoms with van der Waals surface area (Å²) in [6.07, 6.45) is 5.34. The summed E-state index contributed by atoms with van der Waals surface area (Å²) in [4.78, 5) is 26.5. The molecule has 20 heavy (non-hydrogen) atoms. The predicted octanol–water partition coefficient (Wildman–Crippen LogP) is 1.47. The zero-order valence-corrected chi connectivity index (χ0v) is 11.3. The average molecular weight is 278 g/mol. The maximum atomic E-state index is 12.1. The van der Waals surface area contributed by atoms with Gasteiger partial charge in [0.25, 0.3) is 5.91 Å². The molecule has 1 heterocycles. The van der Waals surface area contributed by atoms with Crippen molar-refractivity contribution >= 4 is 11.9 Å². The van der Waals surface area contributed by atoms with Crippen LogP contribution in [-0.2, 0) is 4.74 Å². The molecule has 6 nitrogen and oxygen atoms in total. The molecule has 2 rings (SSSR count). The Labute approximate surface area is 117 Å². The number of pyridine rings is 1. The number of carboxylic acids is 1. The van der Waals surface area contributed by atoms with Gasteiger partial charge in [-0.15, -0.1) is 0 Å². The smallest absolute Gasteiger partial charge is 0.354 e. The number of amides is 1. The lowest BCUT2D eigenvalue weighted by molar-refractivity contribution is 0.0392. The summed E-state index contributed by atoms with van der Waals surface area (Å²) < 4.78 is 5.38. The van der Waals surface area contributed by atoms with Gasteiger partial charge in [0, 0.05) is 13.3 Å². The van der Waals surface area contributed by atoms with Gasteiger partial charge in [-0.2, -0.15) is 0 Å². The zero-order valence-electron chi connectivity index (χ0n) is 11.3. The van der Waals surface area contributed by atoms with Gasteiger partial charge in [-0.3, -0.25) is 4.79 Å². The maximum absolute atomic E-state index is 12.1. The number of hydrogen-bond acceptors (Lipinski definition) is 4. The molecule has 2 N–H and O–H groups in total. The lowest BCUT2D eigenvalue weighted by atomic mass is 9.92. The molecule has 1 aromatic rings.